The lowest BCUT2D eigenvalue weighted by Crippen LogP contribution is -2.25. The van der Waals surface area contributed by atoms with Crippen LogP contribution in [0.2, 0.25) is 0 Å². The molecule has 1 saturated carbocycles. The van der Waals surface area contributed by atoms with Gasteiger partial charge in [-0.15, -0.1) is 0 Å². The van der Waals surface area contributed by atoms with Crippen LogP contribution in [0.15, 0.2) is 18.2 Å². The Morgan fingerprint density at radius 2 is 2.25 bits per heavy atom. The summed E-state index contributed by atoms with van der Waals surface area (Å²) in [4.78, 5) is 11.4. The van der Waals surface area contributed by atoms with Crippen molar-refractivity contribution < 1.29 is 9.53 Å². The Hall–Kier alpha value is -1.71. The number of carbonyl (C=O) groups is 1. The predicted octanol–water partition coefficient (Wildman–Crippen LogP) is 1.56. The van der Waals surface area contributed by atoms with Gasteiger partial charge in [-0.2, -0.15) is 0 Å². The molecule has 16 heavy (non-hydrogen) atoms. The minimum absolute atomic E-state index is 0.126. The lowest BCUT2D eigenvalue weighted by atomic mass is 9.96. The van der Waals surface area contributed by atoms with Crippen molar-refractivity contribution in [3.05, 3.63) is 23.8 Å². The van der Waals surface area contributed by atoms with E-state index in [0.717, 1.165) is 12.8 Å². The van der Waals surface area contributed by atoms with E-state index in [1.165, 1.54) is 6.42 Å². The summed E-state index contributed by atoms with van der Waals surface area (Å²) >= 11 is 0. The zero-order valence-electron chi connectivity index (χ0n) is 9.32. The first-order valence-electron chi connectivity index (χ1n) is 5.49. The molecule has 1 aromatic carbocycles. The van der Waals surface area contributed by atoms with E-state index in [9.17, 15) is 4.79 Å². The predicted molar refractivity (Wildman–Crippen MR) is 62.5 cm³/mol. The quantitative estimate of drug-likeness (QED) is 0.760. The summed E-state index contributed by atoms with van der Waals surface area (Å²) in [5.74, 6) is 0.490. The molecular weight excluding hydrogens is 204 g/mol. The average molecular weight is 220 g/mol. The molecule has 0 unspecified atom stereocenters. The maximum Gasteiger partial charge on any atom is 0.251 e. The highest BCUT2D eigenvalue weighted by atomic mass is 16.5. The standard InChI is InChI=1S/C12H16N2O2/c1-14-12(15)8-5-6-10(13)11(7-8)16-9-3-2-4-9/h5-7,9H,2-4,13H2,1H3,(H,14,15). The second-order valence-electron chi connectivity index (χ2n) is 4.00. The lowest BCUT2D eigenvalue weighted by molar-refractivity contribution is 0.0960. The number of nitrogens with two attached hydrogens (primary N) is 1. The van der Waals surface area contributed by atoms with E-state index in [4.69, 9.17) is 10.5 Å². The van der Waals surface area contributed by atoms with Crippen molar-refractivity contribution >= 4 is 11.6 Å². The van der Waals surface area contributed by atoms with Gasteiger partial charge in [-0.05, 0) is 37.5 Å². The number of hydrogen-bond acceptors (Lipinski definition) is 3. The van der Waals surface area contributed by atoms with E-state index in [0.29, 0.717) is 17.0 Å². The Morgan fingerprint density at radius 1 is 1.50 bits per heavy atom. The van der Waals surface area contributed by atoms with Gasteiger partial charge in [0.25, 0.3) is 5.91 Å². The van der Waals surface area contributed by atoms with E-state index >= 15 is 0 Å². The van der Waals surface area contributed by atoms with E-state index in [2.05, 4.69) is 5.32 Å². The molecule has 1 aliphatic carbocycles. The maximum absolute atomic E-state index is 11.4. The molecule has 0 radical (unpaired) electrons. The highest BCUT2D eigenvalue weighted by molar-refractivity contribution is 5.95. The number of anilines is 1. The second-order valence-corrected chi connectivity index (χ2v) is 4.00. The van der Waals surface area contributed by atoms with Crippen LogP contribution in [0.4, 0.5) is 5.69 Å². The third kappa shape index (κ3) is 2.10. The normalized spacial score (nSPS) is 15.3. The van der Waals surface area contributed by atoms with Crippen LogP contribution in [0, 0.1) is 0 Å². The van der Waals surface area contributed by atoms with Gasteiger partial charge < -0.3 is 15.8 Å². The van der Waals surface area contributed by atoms with Gasteiger partial charge >= 0.3 is 0 Å². The van der Waals surface area contributed by atoms with E-state index in [-0.39, 0.29) is 12.0 Å². The van der Waals surface area contributed by atoms with Crippen molar-refractivity contribution in [3.8, 4) is 5.75 Å². The summed E-state index contributed by atoms with van der Waals surface area (Å²) in [6.07, 6.45) is 3.62. The molecular formula is C12H16N2O2. The highest BCUT2D eigenvalue weighted by Crippen LogP contribution is 2.29. The molecule has 3 N–H and O–H groups in total. The fourth-order valence-electron chi connectivity index (χ4n) is 1.59. The largest absolute Gasteiger partial charge is 0.488 e. The topological polar surface area (TPSA) is 64.4 Å². The van der Waals surface area contributed by atoms with Crippen molar-refractivity contribution in [2.24, 2.45) is 0 Å². The molecule has 1 amide bonds. The van der Waals surface area contributed by atoms with Crippen molar-refractivity contribution in [2.75, 3.05) is 12.8 Å². The minimum atomic E-state index is -0.126. The molecule has 4 heteroatoms. The Balaban J connectivity index is 2.17. The smallest absolute Gasteiger partial charge is 0.251 e. The van der Waals surface area contributed by atoms with Crippen LogP contribution in [0.25, 0.3) is 0 Å². The van der Waals surface area contributed by atoms with Crippen molar-refractivity contribution in [3.63, 3.8) is 0 Å². The van der Waals surface area contributed by atoms with Crippen LogP contribution >= 0.6 is 0 Å². The van der Waals surface area contributed by atoms with Crippen molar-refractivity contribution in [1.82, 2.24) is 5.32 Å². The fourth-order valence-corrected chi connectivity index (χ4v) is 1.59. The fraction of sp³-hybridized carbons (Fsp3) is 0.417. The first-order chi connectivity index (χ1) is 7.70. The molecule has 0 spiro atoms. The van der Waals surface area contributed by atoms with Crippen LogP contribution in [0.5, 0.6) is 5.75 Å². The van der Waals surface area contributed by atoms with Gasteiger partial charge in [0.1, 0.15) is 5.75 Å². The highest BCUT2D eigenvalue weighted by Gasteiger charge is 2.20. The maximum atomic E-state index is 11.4. The van der Waals surface area contributed by atoms with Gasteiger partial charge in [0.15, 0.2) is 0 Å². The molecule has 1 aliphatic rings. The van der Waals surface area contributed by atoms with Gasteiger partial charge in [0.05, 0.1) is 11.8 Å². The summed E-state index contributed by atoms with van der Waals surface area (Å²) in [7, 11) is 1.60. The van der Waals surface area contributed by atoms with Crippen LogP contribution in [0.3, 0.4) is 0 Å². The van der Waals surface area contributed by atoms with Crippen LogP contribution in [-0.4, -0.2) is 19.1 Å². The molecule has 2 rings (SSSR count). The summed E-state index contributed by atoms with van der Waals surface area (Å²) in [6, 6.07) is 5.10. The van der Waals surface area contributed by atoms with Crippen LogP contribution in [0.1, 0.15) is 29.6 Å². The zero-order valence-corrected chi connectivity index (χ0v) is 9.32. The number of nitrogen functional groups attached to an aromatic ring is 1. The molecule has 0 aromatic heterocycles. The van der Waals surface area contributed by atoms with Gasteiger partial charge in [-0.3, -0.25) is 4.79 Å². The minimum Gasteiger partial charge on any atom is -0.488 e. The molecule has 0 saturated heterocycles. The lowest BCUT2D eigenvalue weighted by Gasteiger charge is -2.27. The Morgan fingerprint density at radius 3 is 2.81 bits per heavy atom. The van der Waals surface area contributed by atoms with E-state index in [1.54, 1.807) is 25.2 Å². The number of amides is 1. The molecule has 1 aromatic rings. The Kier molecular flexibility index (Phi) is 2.99. The first-order valence-corrected chi connectivity index (χ1v) is 5.49. The number of ether oxygens (including phenoxy) is 1. The first kappa shape index (κ1) is 10.8. The monoisotopic (exact) mass is 220 g/mol. The Bertz CT molecular complexity index is 400. The SMILES string of the molecule is CNC(=O)c1ccc(N)c(OC2CCC2)c1. The molecule has 0 atom stereocenters. The number of hydrogen-bond donors (Lipinski definition) is 2. The second kappa shape index (κ2) is 4.43. The summed E-state index contributed by atoms with van der Waals surface area (Å²) in [5.41, 5.74) is 6.96. The van der Waals surface area contributed by atoms with Gasteiger partial charge in [0.2, 0.25) is 0 Å². The molecule has 4 nitrogen and oxygen atoms in total. The third-order valence-electron chi connectivity index (χ3n) is 2.85. The van der Waals surface area contributed by atoms with E-state index in [1.807, 2.05) is 0 Å². The number of nitrogens with one attached hydrogen (secondary N) is 1. The molecule has 0 heterocycles. The number of benzene rings is 1. The van der Waals surface area contributed by atoms with Crippen LogP contribution < -0.4 is 15.8 Å². The molecule has 0 bridgehead atoms. The van der Waals surface area contributed by atoms with Gasteiger partial charge in [-0.25, -0.2) is 0 Å². The van der Waals surface area contributed by atoms with Gasteiger partial charge in [0, 0.05) is 12.6 Å². The van der Waals surface area contributed by atoms with Gasteiger partial charge in [-0.1, -0.05) is 0 Å². The molecule has 0 aliphatic heterocycles. The molecule has 1 fully saturated rings. The average Bonchev–Trinajstić information content (AvgIpc) is 2.24. The summed E-state index contributed by atoms with van der Waals surface area (Å²) in [5, 5.41) is 2.57. The summed E-state index contributed by atoms with van der Waals surface area (Å²) in [6.45, 7) is 0. The van der Waals surface area contributed by atoms with Crippen molar-refractivity contribution in [2.45, 2.75) is 25.4 Å². The number of carbonyl (C=O) groups excluding carboxylic acids is 1. The van der Waals surface area contributed by atoms with Crippen LogP contribution in [-0.2, 0) is 0 Å². The summed E-state index contributed by atoms with van der Waals surface area (Å²) < 4.78 is 5.71. The third-order valence-corrected chi connectivity index (χ3v) is 2.85. The Labute approximate surface area is 94.8 Å². The number of rotatable bonds is 3. The molecule has 86 valence electrons. The van der Waals surface area contributed by atoms with E-state index < -0.39 is 0 Å². The van der Waals surface area contributed by atoms with Crippen molar-refractivity contribution in [1.29, 1.82) is 0 Å². The zero-order chi connectivity index (χ0) is 11.5.